The van der Waals surface area contributed by atoms with Crippen LogP contribution in [0.3, 0.4) is 0 Å². The molecule has 9 heteroatoms. The molecule has 0 N–H and O–H groups in total. The Kier molecular flexibility index (Phi) is 4.36. The van der Waals surface area contributed by atoms with Crippen LogP contribution in [0.15, 0.2) is 59.7 Å². The van der Waals surface area contributed by atoms with Crippen molar-refractivity contribution in [3.8, 4) is 28.7 Å². The maximum absolute atomic E-state index is 13.6. The molecule has 0 unspecified atom stereocenters. The Morgan fingerprint density at radius 2 is 1.74 bits per heavy atom. The number of ether oxygens (including phenoxy) is 2. The van der Waals surface area contributed by atoms with E-state index in [0.717, 1.165) is 10.9 Å². The average Bonchev–Trinajstić information content (AvgIpc) is 3.17. The molecule has 3 aromatic heterocycles. The van der Waals surface area contributed by atoms with Gasteiger partial charge in [0.2, 0.25) is 0 Å². The molecule has 0 aliphatic heterocycles. The number of methoxy groups -OCH3 is 2. The summed E-state index contributed by atoms with van der Waals surface area (Å²) < 4.78 is 13.6. The van der Waals surface area contributed by atoms with E-state index in [4.69, 9.17) is 9.47 Å². The number of hydrogen-bond donors (Lipinski definition) is 0. The second-order valence-electron chi connectivity index (χ2n) is 6.94. The molecule has 0 aliphatic carbocycles. The first-order chi connectivity index (χ1) is 15.1. The Balaban J connectivity index is 1.81. The maximum atomic E-state index is 13.6. The van der Waals surface area contributed by atoms with E-state index in [1.807, 2.05) is 31.4 Å². The van der Waals surface area contributed by atoms with Gasteiger partial charge in [-0.15, -0.1) is 0 Å². The molecule has 2 aromatic carbocycles. The van der Waals surface area contributed by atoms with Crippen LogP contribution >= 0.6 is 0 Å². The lowest BCUT2D eigenvalue weighted by Crippen LogP contribution is -2.23. The number of fused-ring (bicyclic) bond motifs is 2. The topological polar surface area (TPSA) is 97.0 Å². The van der Waals surface area contributed by atoms with Gasteiger partial charge in [-0.1, -0.05) is 6.07 Å². The van der Waals surface area contributed by atoms with Crippen LogP contribution in [0.1, 0.15) is 0 Å². The molecule has 0 saturated heterocycles. The lowest BCUT2D eigenvalue weighted by Gasteiger charge is -2.12. The summed E-state index contributed by atoms with van der Waals surface area (Å²) in [4.78, 5) is 26.8. The Labute approximate surface area is 176 Å². The van der Waals surface area contributed by atoms with E-state index < -0.39 is 0 Å². The molecule has 0 saturated carbocycles. The lowest BCUT2D eigenvalue weighted by atomic mass is 10.1. The summed E-state index contributed by atoms with van der Waals surface area (Å²) in [6.07, 6.45) is 3.45. The van der Waals surface area contributed by atoms with Gasteiger partial charge in [0, 0.05) is 24.2 Å². The quantitative estimate of drug-likeness (QED) is 0.446. The van der Waals surface area contributed by atoms with Crippen molar-refractivity contribution < 1.29 is 9.47 Å². The molecule has 5 rings (SSSR count). The van der Waals surface area contributed by atoms with Crippen LogP contribution in [0.25, 0.3) is 39.0 Å². The predicted octanol–water partition coefficient (Wildman–Crippen LogP) is 2.75. The van der Waals surface area contributed by atoms with E-state index in [-0.39, 0.29) is 11.6 Å². The van der Waals surface area contributed by atoms with Gasteiger partial charge in [0.25, 0.3) is 5.56 Å². The number of aryl methyl sites for hydroxylation is 1. The molecule has 0 amide bonds. The highest BCUT2D eigenvalue weighted by Gasteiger charge is 2.17. The molecule has 9 nitrogen and oxygen atoms in total. The van der Waals surface area contributed by atoms with Crippen LogP contribution in [-0.4, -0.2) is 43.5 Å². The molecule has 5 aromatic rings. The second-order valence-corrected chi connectivity index (χ2v) is 6.94. The summed E-state index contributed by atoms with van der Waals surface area (Å²) in [6.45, 7) is 0. The number of rotatable bonds is 4. The fourth-order valence-electron chi connectivity index (χ4n) is 3.52. The van der Waals surface area contributed by atoms with Gasteiger partial charge in [-0.25, -0.2) is 9.97 Å². The number of nitrogens with zero attached hydrogens (tertiary/aromatic N) is 6. The zero-order valence-electron chi connectivity index (χ0n) is 17.1. The normalized spacial score (nSPS) is 11.2. The van der Waals surface area contributed by atoms with Crippen LogP contribution in [-0.2, 0) is 7.05 Å². The molecule has 0 spiro atoms. The van der Waals surface area contributed by atoms with Crippen molar-refractivity contribution >= 4 is 22.1 Å². The van der Waals surface area contributed by atoms with E-state index in [9.17, 15) is 4.79 Å². The standard InChI is InChI=1S/C22H18N6O3/c1-27-12-14-10-13(4-9-17(14)26-27)19-21(29)28(15-5-7-16(30-2)8-6-15)20-18(24-19)11-23-22(25-20)31-3/h4-12H,1-3H3. The van der Waals surface area contributed by atoms with Crippen molar-refractivity contribution in [2.75, 3.05) is 14.2 Å². The minimum atomic E-state index is -0.304. The van der Waals surface area contributed by atoms with Gasteiger partial charge in [0.05, 0.1) is 31.6 Å². The molecule has 31 heavy (non-hydrogen) atoms. The monoisotopic (exact) mass is 414 g/mol. The summed E-state index contributed by atoms with van der Waals surface area (Å²) in [7, 11) is 4.92. The predicted molar refractivity (Wildman–Crippen MR) is 116 cm³/mol. The SMILES string of the molecule is COc1ccc(-n2c(=O)c(-c3ccc4nn(C)cc4c3)nc3cnc(OC)nc32)cc1. The Morgan fingerprint density at radius 1 is 0.935 bits per heavy atom. The van der Waals surface area contributed by atoms with Crippen LogP contribution in [0, 0.1) is 0 Å². The fourth-order valence-corrected chi connectivity index (χ4v) is 3.52. The van der Waals surface area contributed by atoms with Crippen molar-refractivity contribution in [2.45, 2.75) is 0 Å². The van der Waals surface area contributed by atoms with Crippen LogP contribution in [0.2, 0.25) is 0 Å². The first-order valence-corrected chi connectivity index (χ1v) is 9.49. The van der Waals surface area contributed by atoms with Crippen molar-refractivity contribution in [3.63, 3.8) is 0 Å². The molecular formula is C22H18N6O3. The van der Waals surface area contributed by atoms with Crippen LogP contribution < -0.4 is 15.0 Å². The van der Waals surface area contributed by atoms with Crippen molar-refractivity contribution in [1.82, 2.24) is 29.3 Å². The number of aromatic nitrogens is 6. The molecule has 3 heterocycles. The Morgan fingerprint density at radius 3 is 2.48 bits per heavy atom. The Hall–Kier alpha value is -4.27. The summed E-state index contributed by atoms with van der Waals surface area (Å²) in [6, 6.07) is 12.9. The molecule has 0 aliphatic rings. The van der Waals surface area contributed by atoms with E-state index in [1.165, 1.54) is 11.7 Å². The zero-order valence-corrected chi connectivity index (χ0v) is 17.1. The Bertz CT molecular complexity index is 1490. The first-order valence-electron chi connectivity index (χ1n) is 9.49. The average molecular weight is 414 g/mol. The van der Waals surface area contributed by atoms with Crippen molar-refractivity contribution in [3.05, 3.63) is 65.2 Å². The molecule has 0 bridgehead atoms. The van der Waals surface area contributed by atoms with Gasteiger partial charge in [-0.3, -0.25) is 14.0 Å². The van der Waals surface area contributed by atoms with Crippen molar-refractivity contribution in [2.24, 2.45) is 7.05 Å². The minimum Gasteiger partial charge on any atom is -0.497 e. The number of hydrogen-bond acceptors (Lipinski definition) is 7. The molecular weight excluding hydrogens is 396 g/mol. The highest BCUT2D eigenvalue weighted by Crippen LogP contribution is 2.24. The third-order valence-electron chi connectivity index (χ3n) is 4.98. The molecule has 0 atom stereocenters. The third-order valence-corrected chi connectivity index (χ3v) is 4.98. The number of benzene rings is 2. The summed E-state index contributed by atoms with van der Waals surface area (Å²) >= 11 is 0. The van der Waals surface area contributed by atoms with Crippen LogP contribution in [0.4, 0.5) is 0 Å². The summed E-state index contributed by atoms with van der Waals surface area (Å²) in [5.74, 6) is 0.685. The highest BCUT2D eigenvalue weighted by atomic mass is 16.5. The van der Waals surface area contributed by atoms with E-state index in [1.54, 1.807) is 42.3 Å². The van der Waals surface area contributed by atoms with Gasteiger partial charge in [0.1, 0.15) is 17.0 Å². The highest BCUT2D eigenvalue weighted by molar-refractivity contribution is 5.84. The summed E-state index contributed by atoms with van der Waals surface area (Å²) in [5.41, 5.74) is 2.97. The lowest BCUT2D eigenvalue weighted by molar-refractivity contribution is 0.381. The van der Waals surface area contributed by atoms with Crippen molar-refractivity contribution in [1.29, 1.82) is 0 Å². The van der Waals surface area contributed by atoms with Gasteiger partial charge in [-0.05, 0) is 36.4 Å². The third kappa shape index (κ3) is 3.16. The maximum Gasteiger partial charge on any atom is 0.318 e. The second kappa shape index (κ2) is 7.21. The summed E-state index contributed by atoms with van der Waals surface area (Å²) in [5, 5.41) is 5.31. The first kappa shape index (κ1) is 18.7. The smallest absolute Gasteiger partial charge is 0.318 e. The van der Waals surface area contributed by atoms with E-state index >= 15 is 0 Å². The van der Waals surface area contributed by atoms with Crippen LogP contribution in [0.5, 0.6) is 11.8 Å². The van der Waals surface area contributed by atoms with Gasteiger partial charge >= 0.3 is 6.01 Å². The fraction of sp³-hybridized carbons (Fsp3) is 0.136. The van der Waals surface area contributed by atoms with Gasteiger partial charge < -0.3 is 9.47 Å². The van der Waals surface area contributed by atoms with Gasteiger partial charge in [0.15, 0.2) is 5.65 Å². The minimum absolute atomic E-state index is 0.153. The van der Waals surface area contributed by atoms with E-state index in [2.05, 4.69) is 20.1 Å². The van der Waals surface area contributed by atoms with E-state index in [0.29, 0.717) is 33.9 Å². The molecule has 0 radical (unpaired) electrons. The van der Waals surface area contributed by atoms with Gasteiger partial charge in [-0.2, -0.15) is 10.1 Å². The largest absolute Gasteiger partial charge is 0.497 e. The zero-order chi connectivity index (χ0) is 21.5. The molecule has 0 fully saturated rings. The molecule has 154 valence electrons.